The quantitative estimate of drug-likeness (QED) is 0.394. The summed E-state index contributed by atoms with van der Waals surface area (Å²) in [5.41, 5.74) is 3.23. The summed E-state index contributed by atoms with van der Waals surface area (Å²) in [6, 6.07) is -0.0265. The second-order valence-electron chi connectivity index (χ2n) is 4.62. The molecule has 14 heavy (non-hydrogen) atoms. The van der Waals surface area contributed by atoms with E-state index in [0.29, 0.717) is 6.42 Å². The molecule has 1 fully saturated rings. The fourth-order valence-electron chi connectivity index (χ4n) is 1.28. The molecule has 0 saturated carbocycles. The van der Waals surface area contributed by atoms with Gasteiger partial charge in [0.15, 0.2) is 0 Å². The van der Waals surface area contributed by atoms with Crippen molar-refractivity contribution >= 4 is 14.0 Å². The van der Waals surface area contributed by atoms with Crippen molar-refractivity contribution in [1.82, 2.24) is 5.32 Å². The lowest BCUT2D eigenvalue weighted by Gasteiger charge is -2.32. The van der Waals surface area contributed by atoms with Crippen molar-refractivity contribution in [2.24, 2.45) is 5.92 Å². The fraction of sp³-hybridized carbons (Fsp3) is 0.700. The molecule has 2 atom stereocenters. The van der Waals surface area contributed by atoms with Crippen molar-refractivity contribution in [2.75, 3.05) is 6.61 Å². The number of hydrogen-bond acceptors (Lipinski definition) is 2. The van der Waals surface area contributed by atoms with E-state index in [2.05, 4.69) is 36.4 Å². The Hall–Kier alpha value is -0.793. The molecule has 4 heteroatoms. The van der Waals surface area contributed by atoms with Gasteiger partial charge < -0.3 is 10.4 Å². The number of hydrogen-bond donors (Lipinski definition) is 2. The molecule has 1 saturated heterocycles. The maximum Gasteiger partial charge on any atom is 0.227 e. The highest BCUT2D eigenvalue weighted by Gasteiger charge is 2.37. The van der Waals surface area contributed by atoms with Crippen molar-refractivity contribution < 1.29 is 9.90 Å². The molecule has 1 amide bonds. The van der Waals surface area contributed by atoms with E-state index in [9.17, 15) is 4.79 Å². The van der Waals surface area contributed by atoms with Crippen LogP contribution in [0.5, 0.6) is 0 Å². The summed E-state index contributed by atoms with van der Waals surface area (Å²) in [6.45, 7) is 6.56. The fourth-order valence-corrected chi connectivity index (χ4v) is 1.87. The average Bonchev–Trinajstić information content (AvgIpc) is 2.06. The van der Waals surface area contributed by atoms with Crippen LogP contribution in [-0.4, -0.2) is 31.7 Å². The van der Waals surface area contributed by atoms with Gasteiger partial charge in [-0.15, -0.1) is 5.54 Å². The number of β-lactam (4-membered cyclic amide) rings is 1. The second-order valence-corrected chi connectivity index (χ2v) is 9.37. The topological polar surface area (TPSA) is 49.3 Å². The van der Waals surface area contributed by atoms with Crippen molar-refractivity contribution in [3.63, 3.8) is 0 Å². The minimum absolute atomic E-state index is 0.0222. The van der Waals surface area contributed by atoms with E-state index >= 15 is 0 Å². The van der Waals surface area contributed by atoms with Crippen molar-refractivity contribution in [3.8, 4) is 11.5 Å². The summed E-state index contributed by atoms with van der Waals surface area (Å²) >= 11 is 0. The van der Waals surface area contributed by atoms with Crippen LogP contribution in [0.15, 0.2) is 0 Å². The molecule has 0 radical (unpaired) electrons. The highest BCUT2D eigenvalue weighted by molar-refractivity contribution is 6.83. The van der Waals surface area contributed by atoms with Crippen LogP contribution in [0.2, 0.25) is 19.6 Å². The number of carbonyl (C=O) groups excluding carboxylic acids is 1. The van der Waals surface area contributed by atoms with Crippen LogP contribution in [0.25, 0.3) is 0 Å². The van der Waals surface area contributed by atoms with Gasteiger partial charge in [-0.1, -0.05) is 25.6 Å². The summed E-state index contributed by atoms with van der Waals surface area (Å²) < 4.78 is 0. The SMILES string of the molecule is C[Si](C)(C)C#C[C@H]1NC(=O)[C@@H]1CCO. The van der Waals surface area contributed by atoms with Crippen molar-refractivity contribution in [1.29, 1.82) is 0 Å². The lowest BCUT2D eigenvalue weighted by Crippen LogP contribution is -2.57. The third kappa shape index (κ3) is 2.86. The zero-order valence-electron chi connectivity index (χ0n) is 8.92. The van der Waals surface area contributed by atoms with E-state index in [1.165, 1.54) is 0 Å². The monoisotopic (exact) mass is 211 g/mol. The summed E-state index contributed by atoms with van der Waals surface area (Å²) in [5.74, 6) is 3.02. The standard InChI is InChI=1S/C10H17NO2Si/c1-14(2,3)7-5-9-8(4-6-12)10(13)11-9/h8-9,12H,4,6H2,1-3H3,(H,11,13)/t8-,9-/m1/s1. The lowest BCUT2D eigenvalue weighted by atomic mass is 9.88. The normalized spacial score (nSPS) is 25.9. The van der Waals surface area contributed by atoms with Crippen LogP contribution in [0, 0.1) is 17.4 Å². The van der Waals surface area contributed by atoms with E-state index in [1.807, 2.05) is 0 Å². The maximum atomic E-state index is 11.1. The van der Waals surface area contributed by atoms with Gasteiger partial charge in [0.2, 0.25) is 5.91 Å². The Morgan fingerprint density at radius 3 is 2.57 bits per heavy atom. The van der Waals surface area contributed by atoms with E-state index in [-0.39, 0.29) is 24.5 Å². The molecule has 1 heterocycles. The molecular formula is C10H17NO2Si. The van der Waals surface area contributed by atoms with Gasteiger partial charge in [0.1, 0.15) is 14.1 Å². The third-order valence-electron chi connectivity index (χ3n) is 2.08. The molecule has 1 rings (SSSR count). The Morgan fingerprint density at radius 1 is 1.50 bits per heavy atom. The molecule has 0 spiro atoms. The van der Waals surface area contributed by atoms with Crippen LogP contribution in [-0.2, 0) is 4.79 Å². The van der Waals surface area contributed by atoms with E-state index in [1.54, 1.807) is 0 Å². The molecule has 2 N–H and O–H groups in total. The van der Waals surface area contributed by atoms with E-state index in [4.69, 9.17) is 5.11 Å². The first-order valence-electron chi connectivity index (χ1n) is 4.88. The summed E-state index contributed by atoms with van der Waals surface area (Å²) in [5, 5.41) is 11.5. The van der Waals surface area contributed by atoms with Crippen LogP contribution < -0.4 is 5.32 Å². The number of carbonyl (C=O) groups is 1. The summed E-state index contributed by atoms with van der Waals surface area (Å²) in [7, 11) is -1.35. The Kier molecular flexibility index (Phi) is 3.35. The number of nitrogens with one attached hydrogen (secondary N) is 1. The largest absolute Gasteiger partial charge is 0.396 e. The van der Waals surface area contributed by atoms with E-state index < -0.39 is 8.07 Å². The first kappa shape index (κ1) is 11.3. The minimum atomic E-state index is -1.35. The lowest BCUT2D eigenvalue weighted by molar-refractivity contribution is -0.133. The molecular weight excluding hydrogens is 194 g/mol. The van der Waals surface area contributed by atoms with Gasteiger partial charge in [-0.3, -0.25) is 4.79 Å². The van der Waals surface area contributed by atoms with Gasteiger partial charge in [-0.25, -0.2) is 0 Å². The Bertz CT molecular complexity index is 285. The second kappa shape index (κ2) is 4.16. The number of aliphatic hydroxyl groups is 1. The maximum absolute atomic E-state index is 11.1. The van der Waals surface area contributed by atoms with Gasteiger partial charge in [0.05, 0.1) is 5.92 Å². The van der Waals surface area contributed by atoms with Gasteiger partial charge in [0, 0.05) is 6.61 Å². The van der Waals surface area contributed by atoms with Crippen molar-refractivity contribution in [3.05, 3.63) is 0 Å². The molecule has 78 valence electrons. The first-order valence-corrected chi connectivity index (χ1v) is 8.38. The van der Waals surface area contributed by atoms with Crippen LogP contribution in [0.3, 0.4) is 0 Å². The van der Waals surface area contributed by atoms with Crippen molar-refractivity contribution in [2.45, 2.75) is 32.1 Å². The molecule has 1 aliphatic rings. The zero-order valence-corrected chi connectivity index (χ0v) is 9.92. The highest BCUT2D eigenvalue weighted by Crippen LogP contribution is 2.18. The summed E-state index contributed by atoms with van der Waals surface area (Å²) in [6.07, 6.45) is 0.525. The predicted molar refractivity (Wildman–Crippen MR) is 58.2 cm³/mol. The first-order chi connectivity index (χ1) is 6.44. The molecule has 0 aliphatic carbocycles. The summed E-state index contributed by atoms with van der Waals surface area (Å²) in [4.78, 5) is 11.1. The van der Waals surface area contributed by atoms with E-state index in [0.717, 1.165) is 0 Å². The Labute approximate surface area is 85.9 Å². The third-order valence-corrected chi connectivity index (χ3v) is 2.97. The molecule has 0 aromatic rings. The smallest absolute Gasteiger partial charge is 0.227 e. The van der Waals surface area contributed by atoms with Crippen LogP contribution in [0.1, 0.15) is 6.42 Å². The van der Waals surface area contributed by atoms with Gasteiger partial charge in [-0.2, -0.15) is 0 Å². The van der Waals surface area contributed by atoms with Gasteiger partial charge >= 0.3 is 0 Å². The van der Waals surface area contributed by atoms with Crippen LogP contribution >= 0.6 is 0 Å². The predicted octanol–water partition coefficient (Wildman–Crippen LogP) is 0.364. The number of amides is 1. The number of aliphatic hydroxyl groups excluding tert-OH is 1. The zero-order chi connectivity index (χ0) is 10.8. The molecule has 1 aliphatic heterocycles. The minimum Gasteiger partial charge on any atom is -0.396 e. The van der Waals surface area contributed by atoms with Gasteiger partial charge in [0.25, 0.3) is 0 Å². The molecule has 0 bridgehead atoms. The Balaban J connectivity index is 2.54. The highest BCUT2D eigenvalue weighted by atomic mass is 28.3. The Morgan fingerprint density at radius 2 is 2.14 bits per heavy atom. The molecule has 0 aromatic carbocycles. The average molecular weight is 211 g/mol. The molecule has 0 unspecified atom stereocenters. The molecule has 0 aromatic heterocycles. The van der Waals surface area contributed by atoms with Crippen LogP contribution in [0.4, 0.5) is 0 Å². The molecule has 3 nitrogen and oxygen atoms in total. The van der Waals surface area contributed by atoms with Gasteiger partial charge in [-0.05, 0) is 6.42 Å². The number of rotatable bonds is 2.